The van der Waals surface area contributed by atoms with Crippen molar-refractivity contribution in [3.05, 3.63) is 11.9 Å². The average Bonchev–Trinajstić information content (AvgIpc) is 3.11. The number of carbonyl (C=O) groups is 2. The maximum Gasteiger partial charge on any atom is 0.408 e. The molecule has 2 rings (SSSR count). The van der Waals surface area contributed by atoms with Gasteiger partial charge in [0.15, 0.2) is 0 Å². The average molecular weight is 471 g/mol. The van der Waals surface area contributed by atoms with Crippen molar-refractivity contribution < 1.29 is 24.3 Å². The normalized spacial score (nSPS) is 19.9. The van der Waals surface area contributed by atoms with Gasteiger partial charge in [-0.25, -0.2) is 14.3 Å². The van der Waals surface area contributed by atoms with Crippen molar-refractivity contribution >= 4 is 23.8 Å². The Bertz CT molecular complexity index is 787. The summed E-state index contributed by atoms with van der Waals surface area (Å²) in [5.74, 6) is 0.269. The Morgan fingerprint density at radius 3 is 2.38 bits per heavy atom. The number of ether oxygens (including phenoxy) is 2. The first-order valence-electron chi connectivity index (χ1n) is 10.7. The van der Waals surface area contributed by atoms with E-state index < -0.39 is 34.8 Å². The third-order valence-corrected chi connectivity index (χ3v) is 6.28. The molecule has 0 saturated carbocycles. The molecule has 1 aliphatic rings. The molecule has 0 unspecified atom stereocenters. The Balaban J connectivity index is 1.95. The first kappa shape index (κ1) is 26.4. The van der Waals surface area contributed by atoms with Gasteiger partial charge in [0.2, 0.25) is 0 Å². The topological polar surface area (TPSA) is 118 Å². The van der Waals surface area contributed by atoms with Gasteiger partial charge >= 0.3 is 12.1 Å². The zero-order valence-electron chi connectivity index (χ0n) is 20.3. The lowest BCUT2D eigenvalue weighted by Gasteiger charge is -2.49. The van der Waals surface area contributed by atoms with Gasteiger partial charge in [0, 0.05) is 28.8 Å². The molecule has 2 heterocycles. The van der Waals surface area contributed by atoms with Crippen LogP contribution in [0.25, 0.3) is 0 Å². The molecule has 1 aliphatic heterocycles. The number of nitrogens with one attached hydrogen (secondary N) is 1. The molecule has 1 amide bonds. The summed E-state index contributed by atoms with van der Waals surface area (Å²) in [4.78, 5) is 24.1. The lowest BCUT2D eigenvalue weighted by molar-refractivity contribution is -0.293. The van der Waals surface area contributed by atoms with E-state index in [1.54, 1.807) is 20.8 Å². The second-order valence-corrected chi connectivity index (χ2v) is 11.4. The molecular weight excluding hydrogens is 434 g/mol. The number of thioether (sulfide) groups is 1. The van der Waals surface area contributed by atoms with Gasteiger partial charge in [-0.2, -0.15) is 11.8 Å². The first-order chi connectivity index (χ1) is 14.6. The summed E-state index contributed by atoms with van der Waals surface area (Å²) < 4.78 is 11.9. The summed E-state index contributed by atoms with van der Waals surface area (Å²) in [6.45, 7) is 13.1. The van der Waals surface area contributed by atoms with Crippen molar-refractivity contribution in [2.75, 3.05) is 12.9 Å². The smallest absolute Gasteiger partial charge is 0.408 e. The van der Waals surface area contributed by atoms with Crippen LogP contribution in [0, 0.1) is 0 Å². The van der Waals surface area contributed by atoms with Gasteiger partial charge in [0.25, 0.3) is 0 Å². The zero-order chi connectivity index (χ0) is 24.3. The summed E-state index contributed by atoms with van der Waals surface area (Å²) in [7, 11) is 1.28. The van der Waals surface area contributed by atoms with Crippen molar-refractivity contribution in [1.29, 1.82) is 0 Å². The lowest BCUT2D eigenvalue weighted by atomic mass is 9.79. The van der Waals surface area contributed by atoms with Crippen molar-refractivity contribution in [3.63, 3.8) is 0 Å². The molecule has 1 atom stereocenters. The van der Waals surface area contributed by atoms with Crippen LogP contribution >= 0.6 is 11.8 Å². The first-order valence-corrected chi connectivity index (χ1v) is 11.8. The fourth-order valence-corrected chi connectivity index (χ4v) is 4.91. The highest BCUT2D eigenvalue weighted by atomic mass is 32.2. The van der Waals surface area contributed by atoms with Gasteiger partial charge in [-0.15, -0.1) is 15.4 Å². The molecule has 181 valence electrons. The van der Waals surface area contributed by atoms with Gasteiger partial charge in [-0.05, 0) is 61.3 Å². The molecule has 0 aromatic carbocycles. The summed E-state index contributed by atoms with van der Waals surface area (Å²) in [5, 5.41) is 24.9. The molecule has 0 aliphatic carbocycles. The Morgan fingerprint density at radius 2 is 1.84 bits per heavy atom. The summed E-state index contributed by atoms with van der Waals surface area (Å²) in [6.07, 6.45) is 2.58. The second kappa shape index (κ2) is 9.96. The van der Waals surface area contributed by atoms with E-state index in [9.17, 15) is 14.8 Å². The standard InChI is InChI=1S/C21H36N5O5S/c1-19(2,3)31-18(28)22-16(17(27)30-8)13-32-12-14-11-25(24-23-14)15-9-20(4,5)26(29)21(6,7)10-15/h11,15-16H,9-10,12-13H2,1-8H3,(H,22,28)/t16-/m1/s1. The minimum Gasteiger partial charge on any atom is -0.467 e. The quantitative estimate of drug-likeness (QED) is 0.604. The molecule has 1 aromatic heterocycles. The van der Waals surface area contributed by atoms with Gasteiger partial charge in [0.05, 0.1) is 18.8 Å². The number of methoxy groups -OCH3 is 1. The zero-order valence-corrected chi connectivity index (χ0v) is 21.1. The molecular formula is C21H36N5O5S. The molecule has 1 fully saturated rings. The summed E-state index contributed by atoms with van der Waals surface area (Å²) >= 11 is 1.43. The molecule has 32 heavy (non-hydrogen) atoms. The predicted molar refractivity (Wildman–Crippen MR) is 120 cm³/mol. The van der Waals surface area contributed by atoms with E-state index in [0.29, 0.717) is 24.3 Å². The number of amides is 1. The number of alkyl carbamates (subject to hydrolysis) is 1. The summed E-state index contributed by atoms with van der Waals surface area (Å²) in [6, 6.07) is -0.758. The SMILES string of the molecule is COC(=O)[C@@H](CSCc1cn(C2CC(C)(C)N([O])C(C)(C)C2)nn1)NC(=O)OC(C)(C)C. The Labute approximate surface area is 194 Å². The van der Waals surface area contributed by atoms with Crippen molar-refractivity contribution in [2.24, 2.45) is 0 Å². The second-order valence-electron chi connectivity index (χ2n) is 10.4. The fourth-order valence-electron chi connectivity index (χ4n) is 4.00. The van der Waals surface area contributed by atoms with Gasteiger partial charge < -0.3 is 14.8 Å². The third-order valence-electron chi connectivity index (χ3n) is 5.21. The lowest BCUT2D eigenvalue weighted by Crippen LogP contribution is -2.58. The van der Waals surface area contributed by atoms with E-state index in [1.165, 1.54) is 23.9 Å². The minimum atomic E-state index is -0.835. The molecule has 1 saturated heterocycles. The molecule has 1 radical (unpaired) electrons. The van der Waals surface area contributed by atoms with Gasteiger partial charge in [-0.3, -0.25) is 0 Å². The van der Waals surface area contributed by atoms with E-state index >= 15 is 0 Å². The van der Waals surface area contributed by atoms with Crippen LogP contribution in [0.5, 0.6) is 0 Å². The largest absolute Gasteiger partial charge is 0.467 e. The number of carbonyl (C=O) groups excluding carboxylic acids is 2. The number of hydroxylamine groups is 2. The number of aromatic nitrogens is 3. The van der Waals surface area contributed by atoms with E-state index in [0.717, 1.165) is 5.69 Å². The minimum absolute atomic E-state index is 0.0769. The van der Waals surface area contributed by atoms with Crippen molar-refractivity contribution in [3.8, 4) is 0 Å². The van der Waals surface area contributed by atoms with E-state index in [1.807, 2.05) is 38.6 Å². The maximum atomic E-state index is 12.6. The van der Waals surface area contributed by atoms with Crippen LogP contribution in [0.15, 0.2) is 6.20 Å². The highest BCUT2D eigenvalue weighted by Crippen LogP contribution is 2.42. The van der Waals surface area contributed by atoms with Crippen LogP contribution in [0.3, 0.4) is 0 Å². The monoisotopic (exact) mass is 470 g/mol. The molecule has 0 bridgehead atoms. The highest BCUT2D eigenvalue weighted by molar-refractivity contribution is 7.98. The van der Waals surface area contributed by atoms with Crippen molar-refractivity contribution in [2.45, 2.75) is 95.8 Å². The van der Waals surface area contributed by atoms with Crippen LogP contribution in [-0.2, 0) is 25.2 Å². The van der Waals surface area contributed by atoms with Crippen LogP contribution in [0.4, 0.5) is 4.79 Å². The molecule has 10 nitrogen and oxygen atoms in total. The third kappa shape index (κ3) is 7.08. The van der Waals surface area contributed by atoms with Crippen LogP contribution in [-0.4, -0.2) is 67.7 Å². The Kier molecular flexibility index (Phi) is 8.22. The van der Waals surface area contributed by atoms with Crippen LogP contribution in [0.2, 0.25) is 0 Å². The molecule has 11 heteroatoms. The van der Waals surface area contributed by atoms with Crippen LogP contribution in [0.1, 0.15) is 73.0 Å². The van der Waals surface area contributed by atoms with Gasteiger partial charge in [-0.1, -0.05) is 5.21 Å². The molecule has 1 N–H and O–H groups in total. The maximum absolute atomic E-state index is 12.6. The van der Waals surface area contributed by atoms with E-state index in [2.05, 4.69) is 15.6 Å². The Hall–Kier alpha value is -1.85. The van der Waals surface area contributed by atoms with Crippen molar-refractivity contribution in [1.82, 2.24) is 25.4 Å². The summed E-state index contributed by atoms with van der Waals surface area (Å²) in [5.41, 5.74) is -0.888. The van der Waals surface area contributed by atoms with E-state index in [4.69, 9.17) is 9.47 Å². The van der Waals surface area contributed by atoms with E-state index in [-0.39, 0.29) is 6.04 Å². The number of esters is 1. The number of piperidine rings is 1. The highest BCUT2D eigenvalue weighted by Gasteiger charge is 2.47. The molecule has 0 spiro atoms. The fraction of sp³-hybridized carbons (Fsp3) is 0.810. The number of hydrogen-bond donors (Lipinski definition) is 1. The number of hydrogen-bond acceptors (Lipinski definition) is 8. The number of nitrogens with zero attached hydrogens (tertiary/aromatic N) is 4. The molecule has 1 aromatic rings. The Morgan fingerprint density at radius 1 is 1.25 bits per heavy atom. The van der Waals surface area contributed by atoms with Crippen LogP contribution < -0.4 is 5.32 Å². The van der Waals surface area contributed by atoms with Gasteiger partial charge in [0.1, 0.15) is 11.6 Å². The predicted octanol–water partition coefficient (Wildman–Crippen LogP) is 3.12. The number of rotatable bonds is 7.